The van der Waals surface area contributed by atoms with E-state index in [1.54, 1.807) is 0 Å². The van der Waals surface area contributed by atoms with Crippen LogP contribution in [0.25, 0.3) is 0 Å². The first kappa shape index (κ1) is 52.0. The molecule has 346 valence electrons. The molecule has 8 nitrogen and oxygen atoms in total. The molecule has 3 atom stereocenters. The highest BCUT2D eigenvalue weighted by atomic mass is 16.7. The number of rotatable bonds is 30. The van der Waals surface area contributed by atoms with Gasteiger partial charge in [0.1, 0.15) is 29.2 Å². The standard InChI is InChI=1S/C52H91NO7/c1-12-13-14-15-16-17-18-19-20-21-22-31-46(54)53-52(37-58-50(9,10)59-38-52)36-57-47(55)35-56-48-42(6)43(7)49-45(44(48)8)32-34-51(11,60-49)33-25-30-41(5)29-24-28-40(4)27-23-26-39(2)3/h39-41H,12-38H2,1-11H3,(H,53,54). The molecule has 0 saturated carbocycles. The van der Waals surface area contributed by atoms with Crippen LogP contribution in [-0.4, -0.2) is 55.2 Å². The van der Waals surface area contributed by atoms with Crippen LogP contribution in [0.1, 0.15) is 219 Å². The van der Waals surface area contributed by atoms with Gasteiger partial charge in [-0.2, -0.15) is 0 Å². The van der Waals surface area contributed by atoms with E-state index in [9.17, 15) is 9.59 Å². The van der Waals surface area contributed by atoms with Crippen LogP contribution in [0.2, 0.25) is 0 Å². The maximum absolute atomic E-state index is 13.2. The van der Waals surface area contributed by atoms with Crippen molar-refractivity contribution >= 4 is 11.9 Å². The van der Waals surface area contributed by atoms with E-state index >= 15 is 0 Å². The molecule has 8 heteroatoms. The van der Waals surface area contributed by atoms with Gasteiger partial charge in [-0.3, -0.25) is 4.79 Å². The minimum absolute atomic E-state index is 0.0561. The van der Waals surface area contributed by atoms with E-state index in [-0.39, 0.29) is 37.9 Å². The van der Waals surface area contributed by atoms with Crippen molar-refractivity contribution in [2.75, 3.05) is 26.4 Å². The van der Waals surface area contributed by atoms with Gasteiger partial charge in [-0.05, 0) is 108 Å². The summed E-state index contributed by atoms with van der Waals surface area (Å²) in [6.45, 7) is 24.1. The van der Waals surface area contributed by atoms with Crippen LogP contribution in [0.3, 0.4) is 0 Å². The van der Waals surface area contributed by atoms with Crippen molar-refractivity contribution in [3.05, 3.63) is 22.3 Å². The fourth-order valence-corrected chi connectivity index (χ4v) is 9.07. The molecule has 1 amide bonds. The number of hydrogen-bond acceptors (Lipinski definition) is 7. The molecule has 0 bridgehead atoms. The van der Waals surface area contributed by atoms with E-state index in [2.05, 4.69) is 60.7 Å². The number of esters is 1. The Morgan fingerprint density at radius 1 is 0.700 bits per heavy atom. The summed E-state index contributed by atoms with van der Waals surface area (Å²) in [4.78, 5) is 26.3. The lowest BCUT2D eigenvalue weighted by Gasteiger charge is -2.43. The number of carbonyl (C=O) groups is 2. The molecule has 2 aliphatic heterocycles. The highest BCUT2D eigenvalue weighted by Gasteiger charge is 2.42. The summed E-state index contributed by atoms with van der Waals surface area (Å²) in [5.41, 5.74) is 3.11. The number of ether oxygens (including phenoxy) is 5. The van der Waals surface area contributed by atoms with Crippen molar-refractivity contribution in [3.8, 4) is 11.5 Å². The fraction of sp³-hybridized carbons (Fsp3) is 0.846. The Kier molecular flexibility index (Phi) is 22.8. The maximum Gasteiger partial charge on any atom is 0.344 e. The topological polar surface area (TPSA) is 92.3 Å². The molecule has 1 aromatic rings. The molecular formula is C52H91NO7. The summed E-state index contributed by atoms with van der Waals surface area (Å²) in [5.74, 6) is 2.76. The molecule has 2 heterocycles. The van der Waals surface area contributed by atoms with E-state index in [0.717, 1.165) is 84.5 Å². The average molecular weight is 842 g/mol. The third-order valence-electron chi connectivity index (χ3n) is 13.5. The second kappa shape index (κ2) is 26.3. The summed E-state index contributed by atoms with van der Waals surface area (Å²) in [5, 5.41) is 3.12. The molecule has 60 heavy (non-hydrogen) atoms. The zero-order valence-electron chi connectivity index (χ0n) is 40.7. The van der Waals surface area contributed by atoms with E-state index < -0.39 is 17.3 Å². The molecule has 1 N–H and O–H groups in total. The minimum atomic E-state index is -0.957. The zero-order valence-corrected chi connectivity index (χ0v) is 40.7. The predicted octanol–water partition coefficient (Wildman–Crippen LogP) is 13.4. The molecule has 0 radical (unpaired) electrons. The maximum atomic E-state index is 13.2. The quantitative estimate of drug-likeness (QED) is 0.0609. The molecule has 1 fully saturated rings. The van der Waals surface area contributed by atoms with Gasteiger partial charge >= 0.3 is 5.97 Å². The van der Waals surface area contributed by atoms with Crippen LogP contribution in [0.15, 0.2) is 0 Å². The lowest BCUT2D eigenvalue weighted by molar-refractivity contribution is -0.275. The lowest BCUT2D eigenvalue weighted by atomic mass is 9.83. The fourth-order valence-electron chi connectivity index (χ4n) is 9.07. The second-order valence-corrected chi connectivity index (χ2v) is 20.5. The molecule has 1 saturated heterocycles. The highest BCUT2D eigenvalue weighted by Crippen LogP contribution is 2.45. The molecule has 1 aromatic carbocycles. The third kappa shape index (κ3) is 18.6. The van der Waals surface area contributed by atoms with Crippen molar-refractivity contribution < 1.29 is 33.3 Å². The molecule has 2 aliphatic rings. The van der Waals surface area contributed by atoms with Gasteiger partial charge in [-0.25, -0.2) is 4.79 Å². The minimum Gasteiger partial charge on any atom is -0.487 e. The van der Waals surface area contributed by atoms with Gasteiger partial charge in [0.25, 0.3) is 0 Å². The number of hydrogen-bond donors (Lipinski definition) is 1. The molecular weight excluding hydrogens is 751 g/mol. The molecule has 3 rings (SSSR count). The van der Waals surface area contributed by atoms with Gasteiger partial charge in [0.2, 0.25) is 5.91 Å². The largest absolute Gasteiger partial charge is 0.487 e. The zero-order chi connectivity index (χ0) is 44.2. The number of benzene rings is 1. The van der Waals surface area contributed by atoms with Crippen molar-refractivity contribution in [1.82, 2.24) is 5.32 Å². The van der Waals surface area contributed by atoms with Crippen LogP contribution in [-0.2, 0) is 30.2 Å². The second-order valence-electron chi connectivity index (χ2n) is 20.5. The van der Waals surface area contributed by atoms with Crippen LogP contribution in [0, 0.1) is 38.5 Å². The summed E-state index contributed by atoms with van der Waals surface area (Å²) in [7, 11) is 0. The first-order chi connectivity index (χ1) is 28.5. The smallest absolute Gasteiger partial charge is 0.344 e. The average Bonchev–Trinajstić information content (AvgIpc) is 3.19. The van der Waals surface area contributed by atoms with Crippen LogP contribution < -0.4 is 14.8 Å². The number of fused-ring (bicyclic) bond motifs is 1. The monoisotopic (exact) mass is 842 g/mol. The summed E-state index contributed by atoms with van der Waals surface area (Å²) in [6.07, 6.45) is 27.4. The van der Waals surface area contributed by atoms with E-state index in [1.807, 2.05) is 20.8 Å². The Bertz CT molecular complexity index is 1410. The SMILES string of the molecule is CCCCCCCCCCCCCC(=O)NC1(COC(=O)COc2c(C)c(C)c3c(c2C)CCC(C)(CCCC(C)CCCC(C)CCCC(C)C)O3)COC(C)(C)OC1. The van der Waals surface area contributed by atoms with Gasteiger partial charge in [-0.1, -0.05) is 144 Å². The van der Waals surface area contributed by atoms with Crippen molar-refractivity contribution in [3.63, 3.8) is 0 Å². The van der Waals surface area contributed by atoms with Crippen LogP contribution in [0.5, 0.6) is 11.5 Å². The number of amides is 1. The summed E-state index contributed by atoms with van der Waals surface area (Å²) >= 11 is 0. The van der Waals surface area contributed by atoms with Gasteiger partial charge in [0.05, 0.1) is 13.2 Å². The first-order valence-corrected chi connectivity index (χ1v) is 24.7. The number of nitrogens with one attached hydrogen (secondary N) is 1. The highest BCUT2D eigenvalue weighted by molar-refractivity contribution is 5.77. The predicted molar refractivity (Wildman–Crippen MR) is 247 cm³/mol. The normalized spacial score (nSPS) is 19.3. The number of carbonyl (C=O) groups excluding carboxylic acids is 2. The van der Waals surface area contributed by atoms with Gasteiger partial charge in [-0.15, -0.1) is 0 Å². The van der Waals surface area contributed by atoms with Crippen molar-refractivity contribution in [2.24, 2.45) is 17.8 Å². The Hall–Kier alpha value is -2.32. The first-order valence-electron chi connectivity index (χ1n) is 24.7. The Morgan fingerprint density at radius 2 is 1.25 bits per heavy atom. The molecule has 3 unspecified atom stereocenters. The van der Waals surface area contributed by atoms with Crippen LogP contribution >= 0.6 is 0 Å². The van der Waals surface area contributed by atoms with Crippen LogP contribution in [0.4, 0.5) is 0 Å². The Balaban J connectivity index is 1.45. The van der Waals surface area contributed by atoms with Gasteiger partial charge in [0.15, 0.2) is 12.4 Å². The molecule has 0 aliphatic carbocycles. The summed E-state index contributed by atoms with van der Waals surface area (Å²) in [6, 6.07) is 0. The van der Waals surface area contributed by atoms with Gasteiger partial charge < -0.3 is 29.0 Å². The molecule has 0 spiro atoms. The van der Waals surface area contributed by atoms with Gasteiger partial charge in [0, 0.05) is 12.0 Å². The lowest BCUT2D eigenvalue weighted by Crippen LogP contribution is -2.63. The molecule has 0 aromatic heterocycles. The Morgan fingerprint density at radius 3 is 1.83 bits per heavy atom. The number of unbranched alkanes of at least 4 members (excludes halogenated alkanes) is 10. The van der Waals surface area contributed by atoms with Crippen molar-refractivity contribution in [1.29, 1.82) is 0 Å². The third-order valence-corrected chi connectivity index (χ3v) is 13.5. The summed E-state index contributed by atoms with van der Waals surface area (Å²) < 4.78 is 30.8. The van der Waals surface area contributed by atoms with Crippen molar-refractivity contribution in [2.45, 2.75) is 241 Å². The van der Waals surface area contributed by atoms with E-state index in [4.69, 9.17) is 23.7 Å². The van der Waals surface area contributed by atoms with E-state index in [0.29, 0.717) is 6.42 Å². The van der Waals surface area contributed by atoms with E-state index in [1.165, 1.54) is 108 Å². The Labute approximate surface area is 368 Å².